The monoisotopic (exact) mass is 341 g/mol. The first-order valence-corrected chi connectivity index (χ1v) is 9.43. The van der Waals surface area contributed by atoms with Crippen molar-refractivity contribution >= 4 is 17.5 Å². The number of carbonyl (C=O) groups excluding carboxylic acids is 2. The summed E-state index contributed by atoms with van der Waals surface area (Å²) < 4.78 is 0. The molecule has 5 heteroatoms. The first-order valence-electron chi connectivity index (χ1n) is 9.43. The Bertz CT molecular complexity index is 654. The number of rotatable bonds is 2. The predicted octanol–water partition coefficient (Wildman–Crippen LogP) is 1.95. The van der Waals surface area contributed by atoms with Gasteiger partial charge in [0.1, 0.15) is 0 Å². The molecular formula is C20H27N3O2. The predicted molar refractivity (Wildman–Crippen MR) is 97.4 cm³/mol. The van der Waals surface area contributed by atoms with Crippen LogP contribution in [-0.2, 0) is 9.59 Å². The number of piperidine rings is 1. The molecule has 3 aliphatic heterocycles. The molecule has 2 amide bonds. The lowest BCUT2D eigenvalue weighted by atomic mass is 9.77. The Balaban J connectivity index is 1.38. The van der Waals surface area contributed by atoms with Crippen LogP contribution in [0.3, 0.4) is 0 Å². The average Bonchev–Trinajstić information content (AvgIpc) is 3.23. The molecule has 3 saturated heterocycles. The van der Waals surface area contributed by atoms with Crippen LogP contribution in [0.25, 0.3) is 0 Å². The summed E-state index contributed by atoms with van der Waals surface area (Å²) in [5, 5.41) is 3.46. The van der Waals surface area contributed by atoms with Gasteiger partial charge in [0, 0.05) is 38.3 Å². The standard InChI is InChI=1S/C20H27N3O2/c1-15-2-4-17(5-3-15)23-13-16(12-18(23)24)19(25)22-10-7-20(8-11-22)6-9-21-14-20/h2-5,16,21H,6-14H2,1H3. The third-order valence-corrected chi connectivity index (χ3v) is 6.29. The summed E-state index contributed by atoms with van der Waals surface area (Å²) in [7, 11) is 0. The lowest BCUT2D eigenvalue weighted by molar-refractivity contribution is -0.137. The molecule has 5 nitrogen and oxygen atoms in total. The number of hydrogen-bond donors (Lipinski definition) is 1. The van der Waals surface area contributed by atoms with E-state index in [1.807, 2.05) is 36.1 Å². The fourth-order valence-electron chi connectivity index (χ4n) is 4.53. The minimum atomic E-state index is -0.190. The van der Waals surface area contributed by atoms with Gasteiger partial charge in [-0.15, -0.1) is 0 Å². The topological polar surface area (TPSA) is 52.7 Å². The smallest absolute Gasteiger partial charge is 0.228 e. The van der Waals surface area contributed by atoms with E-state index >= 15 is 0 Å². The molecule has 3 heterocycles. The average molecular weight is 341 g/mol. The van der Waals surface area contributed by atoms with Gasteiger partial charge in [0.2, 0.25) is 11.8 Å². The summed E-state index contributed by atoms with van der Waals surface area (Å²) in [6.45, 7) is 6.44. The van der Waals surface area contributed by atoms with Crippen molar-refractivity contribution in [3.05, 3.63) is 29.8 Å². The second-order valence-electron chi connectivity index (χ2n) is 7.99. The second kappa shape index (κ2) is 6.45. The van der Waals surface area contributed by atoms with E-state index in [2.05, 4.69) is 5.32 Å². The maximum absolute atomic E-state index is 12.9. The maximum Gasteiger partial charge on any atom is 0.228 e. The van der Waals surface area contributed by atoms with E-state index in [4.69, 9.17) is 0 Å². The molecule has 3 aliphatic rings. The highest BCUT2D eigenvalue weighted by Crippen LogP contribution is 2.37. The summed E-state index contributed by atoms with van der Waals surface area (Å²) >= 11 is 0. The first-order chi connectivity index (χ1) is 12.1. The lowest BCUT2D eigenvalue weighted by Gasteiger charge is -2.39. The molecule has 4 rings (SSSR count). The van der Waals surface area contributed by atoms with Crippen molar-refractivity contribution in [2.24, 2.45) is 11.3 Å². The Morgan fingerprint density at radius 2 is 1.88 bits per heavy atom. The molecule has 0 radical (unpaired) electrons. The van der Waals surface area contributed by atoms with Crippen molar-refractivity contribution in [1.29, 1.82) is 0 Å². The maximum atomic E-state index is 12.9. The van der Waals surface area contributed by atoms with E-state index in [1.165, 1.54) is 12.0 Å². The van der Waals surface area contributed by atoms with Crippen LogP contribution in [0.5, 0.6) is 0 Å². The molecule has 3 fully saturated rings. The van der Waals surface area contributed by atoms with Gasteiger partial charge in [0.05, 0.1) is 5.92 Å². The van der Waals surface area contributed by atoms with Crippen LogP contribution in [0.2, 0.25) is 0 Å². The number of hydrogen-bond acceptors (Lipinski definition) is 3. The first kappa shape index (κ1) is 16.6. The van der Waals surface area contributed by atoms with Crippen molar-refractivity contribution in [3.8, 4) is 0 Å². The third-order valence-electron chi connectivity index (χ3n) is 6.29. The van der Waals surface area contributed by atoms with Crippen LogP contribution in [0.15, 0.2) is 24.3 Å². The summed E-state index contributed by atoms with van der Waals surface area (Å²) in [6.07, 6.45) is 3.76. The molecule has 1 atom stereocenters. The molecule has 0 aliphatic carbocycles. The molecular weight excluding hydrogens is 314 g/mol. The number of anilines is 1. The molecule has 1 unspecified atom stereocenters. The zero-order valence-electron chi connectivity index (χ0n) is 15.0. The lowest BCUT2D eigenvalue weighted by Crippen LogP contribution is -2.46. The highest BCUT2D eigenvalue weighted by atomic mass is 16.2. The highest BCUT2D eigenvalue weighted by Gasteiger charge is 2.41. The van der Waals surface area contributed by atoms with Gasteiger partial charge in [-0.05, 0) is 50.3 Å². The van der Waals surface area contributed by atoms with Gasteiger partial charge in [-0.3, -0.25) is 9.59 Å². The summed E-state index contributed by atoms with van der Waals surface area (Å²) in [4.78, 5) is 29.1. The van der Waals surface area contributed by atoms with Crippen LogP contribution in [-0.4, -0.2) is 49.4 Å². The summed E-state index contributed by atoms with van der Waals surface area (Å²) in [6, 6.07) is 7.96. The van der Waals surface area contributed by atoms with Crippen molar-refractivity contribution in [2.75, 3.05) is 37.6 Å². The molecule has 0 saturated carbocycles. The van der Waals surface area contributed by atoms with E-state index in [-0.39, 0.29) is 17.7 Å². The minimum absolute atomic E-state index is 0.0654. The third kappa shape index (κ3) is 3.17. The van der Waals surface area contributed by atoms with E-state index in [0.717, 1.165) is 44.7 Å². The van der Waals surface area contributed by atoms with Crippen LogP contribution in [0.4, 0.5) is 5.69 Å². The van der Waals surface area contributed by atoms with Crippen molar-refractivity contribution in [2.45, 2.75) is 32.6 Å². The van der Waals surface area contributed by atoms with Crippen molar-refractivity contribution in [3.63, 3.8) is 0 Å². The molecule has 1 N–H and O–H groups in total. The Morgan fingerprint density at radius 1 is 1.16 bits per heavy atom. The molecule has 0 aromatic heterocycles. The van der Waals surface area contributed by atoms with Gasteiger partial charge in [-0.25, -0.2) is 0 Å². The van der Waals surface area contributed by atoms with Gasteiger partial charge in [0.15, 0.2) is 0 Å². The normalized spacial score (nSPS) is 25.8. The minimum Gasteiger partial charge on any atom is -0.342 e. The van der Waals surface area contributed by atoms with Gasteiger partial charge < -0.3 is 15.1 Å². The zero-order chi connectivity index (χ0) is 17.4. The Morgan fingerprint density at radius 3 is 2.52 bits per heavy atom. The van der Waals surface area contributed by atoms with Crippen LogP contribution in [0.1, 0.15) is 31.2 Å². The number of amides is 2. The second-order valence-corrected chi connectivity index (χ2v) is 7.99. The van der Waals surface area contributed by atoms with Crippen LogP contribution >= 0.6 is 0 Å². The number of likely N-dealkylation sites (tertiary alicyclic amines) is 1. The molecule has 1 aromatic rings. The van der Waals surface area contributed by atoms with Crippen molar-refractivity contribution in [1.82, 2.24) is 10.2 Å². The SMILES string of the molecule is Cc1ccc(N2CC(C(=O)N3CCC4(CCNC4)CC3)CC2=O)cc1. The largest absolute Gasteiger partial charge is 0.342 e. The Labute approximate surface area is 149 Å². The van der Waals surface area contributed by atoms with Gasteiger partial charge >= 0.3 is 0 Å². The molecule has 25 heavy (non-hydrogen) atoms. The molecule has 0 bridgehead atoms. The van der Waals surface area contributed by atoms with Gasteiger partial charge in [-0.1, -0.05) is 17.7 Å². The van der Waals surface area contributed by atoms with E-state index < -0.39 is 0 Å². The van der Waals surface area contributed by atoms with Crippen LogP contribution in [0, 0.1) is 18.3 Å². The summed E-state index contributed by atoms with van der Waals surface area (Å²) in [5.74, 6) is 0.0454. The number of aryl methyl sites for hydroxylation is 1. The fourth-order valence-corrected chi connectivity index (χ4v) is 4.53. The number of benzene rings is 1. The number of nitrogens with one attached hydrogen (secondary N) is 1. The van der Waals surface area contributed by atoms with Gasteiger partial charge in [0.25, 0.3) is 0 Å². The van der Waals surface area contributed by atoms with E-state index in [1.54, 1.807) is 4.90 Å². The molecule has 1 aromatic carbocycles. The van der Waals surface area contributed by atoms with E-state index in [0.29, 0.717) is 18.4 Å². The highest BCUT2D eigenvalue weighted by molar-refractivity contribution is 6.00. The number of nitrogens with zero attached hydrogens (tertiary/aromatic N) is 2. The molecule has 1 spiro atoms. The zero-order valence-corrected chi connectivity index (χ0v) is 15.0. The van der Waals surface area contributed by atoms with E-state index in [9.17, 15) is 9.59 Å². The quantitative estimate of drug-likeness (QED) is 0.895. The summed E-state index contributed by atoms with van der Waals surface area (Å²) in [5.41, 5.74) is 2.49. The number of carbonyl (C=O) groups is 2. The van der Waals surface area contributed by atoms with Crippen molar-refractivity contribution < 1.29 is 9.59 Å². The van der Waals surface area contributed by atoms with Gasteiger partial charge in [-0.2, -0.15) is 0 Å². The fraction of sp³-hybridized carbons (Fsp3) is 0.600. The Kier molecular flexibility index (Phi) is 4.28. The van der Waals surface area contributed by atoms with Crippen LogP contribution < -0.4 is 10.2 Å². The molecule has 134 valence electrons. The Hall–Kier alpha value is -1.88.